The van der Waals surface area contributed by atoms with E-state index in [1.807, 2.05) is 4.90 Å². The zero-order valence-corrected chi connectivity index (χ0v) is 18.2. The fourth-order valence-electron chi connectivity index (χ4n) is 5.42. The average Bonchev–Trinajstić information content (AvgIpc) is 3.18. The Bertz CT molecular complexity index is 880. The van der Waals surface area contributed by atoms with Gasteiger partial charge in [0.15, 0.2) is 0 Å². The van der Waals surface area contributed by atoms with Crippen LogP contribution in [-0.4, -0.2) is 61.8 Å². The first-order valence-electron chi connectivity index (χ1n) is 10.9. The summed E-state index contributed by atoms with van der Waals surface area (Å²) in [4.78, 5) is 27.9. The summed E-state index contributed by atoms with van der Waals surface area (Å²) in [6.45, 7) is 0.636. The van der Waals surface area contributed by atoms with E-state index in [-0.39, 0.29) is 28.7 Å². The number of hydrogen-bond acceptors (Lipinski definition) is 5. The number of benzene rings is 1. The zero-order chi connectivity index (χ0) is 21.3. The van der Waals surface area contributed by atoms with Gasteiger partial charge in [-0.1, -0.05) is 31.0 Å². The molecule has 2 heterocycles. The van der Waals surface area contributed by atoms with Gasteiger partial charge in [-0.3, -0.25) is 4.79 Å². The number of hydrogen-bond donors (Lipinski definition) is 0. The van der Waals surface area contributed by atoms with Crippen molar-refractivity contribution in [3.05, 3.63) is 30.3 Å². The SMILES string of the molecule is COC(=O)[C@@H]1C[C@H]2CCCC[C@H]2N1C(=O)C1CCN(S(=O)(=O)c2ccccc2)CC1. The second-order valence-electron chi connectivity index (χ2n) is 8.62. The molecule has 0 radical (unpaired) electrons. The standard InChI is InChI=1S/C22H30N2O5S/c1-29-22(26)20-15-17-7-5-6-10-19(17)24(20)21(25)16-11-13-23(14-12-16)30(27,28)18-8-3-2-4-9-18/h2-4,8-9,16-17,19-20H,5-7,10-15H2,1H3/t17-,19-,20+/m1/s1. The van der Waals surface area contributed by atoms with E-state index in [2.05, 4.69) is 0 Å². The molecule has 0 bridgehead atoms. The van der Waals surface area contributed by atoms with Crippen molar-refractivity contribution in [1.29, 1.82) is 0 Å². The molecular weight excluding hydrogens is 404 g/mol. The summed E-state index contributed by atoms with van der Waals surface area (Å²) in [7, 11) is -2.17. The maximum atomic E-state index is 13.5. The second-order valence-corrected chi connectivity index (χ2v) is 10.6. The van der Waals surface area contributed by atoms with Crippen molar-refractivity contribution >= 4 is 21.9 Å². The highest BCUT2D eigenvalue weighted by molar-refractivity contribution is 7.89. The normalized spacial score (nSPS) is 28.2. The molecule has 3 aliphatic rings. The second kappa shape index (κ2) is 8.67. The van der Waals surface area contributed by atoms with E-state index in [9.17, 15) is 18.0 Å². The molecule has 1 aromatic carbocycles. The molecule has 2 saturated heterocycles. The van der Waals surface area contributed by atoms with Crippen LogP contribution in [0.5, 0.6) is 0 Å². The monoisotopic (exact) mass is 434 g/mol. The maximum absolute atomic E-state index is 13.5. The van der Waals surface area contributed by atoms with Crippen molar-refractivity contribution in [3.63, 3.8) is 0 Å². The third kappa shape index (κ3) is 3.87. The quantitative estimate of drug-likeness (QED) is 0.680. The number of carbonyl (C=O) groups excluding carboxylic acids is 2. The molecule has 3 atom stereocenters. The molecule has 1 aromatic rings. The zero-order valence-electron chi connectivity index (χ0n) is 17.4. The van der Waals surface area contributed by atoms with E-state index < -0.39 is 16.1 Å². The molecule has 2 aliphatic heterocycles. The minimum atomic E-state index is -3.54. The van der Waals surface area contributed by atoms with Crippen molar-refractivity contribution in [2.45, 2.75) is 61.9 Å². The Balaban J connectivity index is 1.46. The lowest BCUT2D eigenvalue weighted by molar-refractivity contribution is -0.154. The first kappa shape index (κ1) is 21.3. The summed E-state index contributed by atoms with van der Waals surface area (Å²) in [5, 5.41) is 0. The first-order valence-corrected chi connectivity index (χ1v) is 12.3. The first-order chi connectivity index (χ1) is 14.4. The lowest BCUT2D eigenvalue weighted by Gasteiger charge is -2.38. The summed E-state index contributed by atoms with van der Waals surface area (Å²) >= 11 is 0. The smallest absolute Gasteiger partial charge is 0.328 e. The van der Waals surface area contributed by atoms with Crippen molar-refractivity contribution in [1.82, 2.24) is 9.21 Å². The van der Waals surface area contributed by atoms with E-state index in [1.54, 1.807) is 30.3 Å². The molecule has 0 spiro atoms. The van der Waals surface area contributed by atoms with Crippen molar-refractivity contribution in [3.8, 4) is 0 Å². The molecule has 3 fully saturated rings. The van der Waals surface area contributed by atoms with Crippen LogP contribution < -0.4 is 0 Å². The van der Waals surface area contributed by atoms with Crippen LogP contribution in [0.4, 0.5) is 0 Å². The van der Waals surface area contributed by atoms with Crippen LogP contribution in [0.25, 0.3) is 0 Å². The van der Waals surface area contributed by atoms with Crippen LogP contribution in [0.1, 0.15) is 44.9 Å². The molecule has 30 heavy (non-hydrogen) atoms. The van der Waals surface area contributed by atoms with E-state index in [0.717, 1.165) is 25.7 Å². The number of rotatable bonds is 4. The third-order valence-electron chi connectivity index (χ3n) is 7.00. The molecule has 1 amide bonds. The Labute approximate surface area is 178 Å². The van der Waals surface area contributed by atoms with Gasteiger partial charge < -0.3 is 9.64 Å². The van der Waals surface area contributed by atoms with E-state index in [0.29, 0.717) is 38.3 Å². The van der Waals surface area contributed by atoms with Gasteiger partial charge in [-0.15, -0.1) is 0 Å². The number of methoxy groups -OCH3 is 1. The van der Waals surface area contributed by atoms with E-state index in [4.69, 9.17) is 4.74 Å². The molecule has 0 unspecified atom stereocenters. The van der Waals surface area contributed by atoms with Gasteiger partial charge in [0.25, 0.3) is 0 Å². The van der Waals surface area contributed by atoms with Gasteiger partial charge in [-0.2, -0.15) is 4.31 Å². The number of likely N-dealkylation sites (tertiary alicyclic amines) is 1. The number of esters is 1. The number of ether oxygens (including phenoxy) is 1. The molecule has 8 heteroatoms. The van der Waals surface area contributed by atoms with Gasteiger partial charge in [-0.05, 0) is 50.2 Å². The topological polar surface area (TPSA) is 84.0 Å². The largest absolute Gasteiger partial charge is 0.467 e. The number of fused-ring (bicyclic) bond motifs is 1. The summed E-state index contributed by atoms with van der Waals surface area (Å²) in [6.07, 6.45) is 5.85. The number of nitrogens with zero attached hydrogens (tertiary/aromatic N) is 2. The molecule has 0 aromatic heterocycles. The number of carbonyl (C=O) groups is 2. The molecule has 4 rings (SSSR count). The maximum Gasteiger partial charge on any atom is 0.328 e. The Morgan fingerprint density at radius 1 is 1.00 bits per heavy atom. The van der Waals surface area contributed by atoms with Crippen LogP contribution in [-0.2, 0) is 24.3 Å². The van der Waals surface area contributed by atoms with Crippen LogP contribution in [0.3, 0.4) is 0 Å². The highest BCUT2D eigenvalue weighted by Crippen LogP contribution is 2.41. The lowest BCUT2D eigenvalue weighted by Crippen LogP contribution is -2.51. The highest BCUT2D eigenvalue weighted by atomic mass is 32.2. The molecule has 164 valence electrons. The van der Waals surface area contributed by atoms with Gasteiger partial charge in [-0.25, -0.2) is 13.2 Å². The Morgan fingerprint density at radius 3 is 2.33 bits per heavy atom. The number of sulfonamides is 1. The molecule has 7 nitrogen and oxygen atoms in total. The minimum absolute atomic E-state index is 0.00319. The van der Waals surface area contributed by atoms with Crippen molar-refractivity contribution < 1.29 is 22.7 Å². The van der Waals surface area contributed by atoms with Gasteiger partial charge in [0.05, 0.1) is 12.0 Å². The predicted molar refractivity (Wildman–Crippen MR) is 111 cm³/mol. The van der Waals surface area contributed by atoms with Crippen LogP contribution in [0, 0.1) is 11.8 Å². The number of amides is 1. The van der Waals surface area contributed by atoms with Gasteiger partial charge in [0, 0.05) is 25.0 Å². The van der Waals surface area contributed by atoms with E-state index >= 15 is 0 Å². The summed E-state index contributed by atoms with van der Waals surface area (Å²) < 4.78 is 32.2. The number of piperidine rings is 1. The van der Waals surface area contributed by atoms with Crippen molar-refractivity contribution in [2.24, 2.45) is 11.8 Å². The lowest BCUT2D eigenvalue weighted by atomic mass is 9.84. The average molecular weight is 435 g/mol. The Hall–Kier alpha value is -1.93. The van der Waals surface area contributed by atoms with Gasteiger partial charge in [0.2, 0.25) is 15.9 Å². The minimum Gasteiger partial charge on any atom is -0.467 e. The van der Waals surface area contributed by atoms with E-state index in [1.165, 1.54) is 11.4 Å². The summed E-state index contributed by atoms with van der Waals surface area (Å²) in [6, 6.07) is 8.02. The summed E-state index contributed by atoms with van der Waals surface area (Å²) in [5.74, 6) is -0.219. The third-order valence-corrected chi connectivity index (χ3v) is 8.91. The van der Waals surface area contributed by atoms with Crippen LogP contribution >= 0.6 is 0 Å². The van der Waals surface area contributed by atoms with Crippen LogP contribution in [0.2, 0.25) is 0 Å². The van der Waals surface area contributed by atoms with Gasteiger partial charge in [0.1, 0.15) is 6.04 Å². The summed E-state index contributed by atoms with van der Waals surface area (Å²) in [5.41, 5.74) is 0. The Kier molecular flexibility index (Phi) is 6.16. The van der Waals surface area contributed by atoms with Crippen molar-refractivity contribution in [2.75, 3.05) is 20.2 Å². The molecule has 0 N–H and O–H groups in total. The molecular formula is C22H30N2O5S. The van der Waals surface area contributed by atoms with Crippen LogP contribution in [0.15, 0.2) is 35.2 Å². The predicted octanol–water partition coefficient (Wildman–Crippen LogP) is 2.42. The fraction of sp³-hybridized carbons (Fsp3) is 0.636. The Morgan fingerprint density at radius 2 is 1.67 bits per heavy atom. The molecule has 1 aliphatic carbocycles. The van der Waals surface area contributed by atoms with Gasteiger partial charge >= 0.3 is 5.97 Å². The fourth-order valence-corrected chi connectivity index (χ4v) is 6.91. The highest BCUT2D eigenvalue weighted by Gasteiger charge is 2.49. The molecule has 1 saturated carbocycles.